The van der Waals surface area contributed by atoms with E-state index in [1.54, 1.807) is 20.9 Å². The molecule has 90 valence electrons. The molecular weight excluding hydrogens is 208 g/mol. The third-order valence-corrected chi connectivity index (χ3v) is 2.28. The van der Waals surface area contributed by atoms with Crippen LogP contribution in [0, 0.1) is 23.2 Å². The molecule has 16 heavy (non-hydrogen) atoms. The molecule has 0 unspecified atom stereocenters. The van der Waals surface area contributed by atoms with Crippen LogP contribution in [0.5, 0.6) is 0 Å². The van der Waals surface area contributed by atoms with Crippen molar-refractivity contribution in [1.29, 1.82) is 5.26 Å². The number of esters is 1. The maximum absolute atomic E-state index is 11.6. The molecule has 0 spiro atoms. The molecule has 0 bridgehead atoms. The quantitative estimate of drug-likeness (QED) is 0.650. The van der Waals surface area contributed by atoms with Gasteiger partial charge in [0, 0.05) is 20.0 Å². The Morgan fingerprint density at radius 2 is 2.00 bits per heavy atom. The summed E-state index contributed by atoms with van der Waals surface area (Å²) in [7, 11) is 2.92. The molecule has 1 amide bonds. The van der Waals surface area contributed by atoms with Gasteiger partial charge in [-0.2, -0.15) is 5.26 Å². The Morgan fingerprint density at radius 1 is 1.44 bits per heavy atom. The van der Waals surface area contributed by atoms with E-state index in [2.05, 4.69) is 10.8 Å². The highest BCUT2D eigenvalue weighted by Crippen LogP contribution is 2.07. The molecule has 0 aromatic heterocycles. The predicted molar refractivity (Wildman–Crippen MR) is 58.2 cm³/mol. The second kappa shape index (κ2) is 6.83. The third kappa shape index (κ3) is 4.78. The minimum Gasteiger partial charge on any atom is -0.469 e. The maximum atomic E-state index is 11.6. The Kier molecular flexibility index (Phi) is 6.16. The Hall–Kier alpha value is -1.57. The van der Waals surface area contributed by atoms with Crippen LogP contribution in [0.3, 0.4) is 0 Å². The van der Waals surface area contributed by atoms with Gasteiger partial charge in [-0.3, -0.25) is 9.59 Å². The second-order valence-electron chi connectivity index (χ2n) is 3.93. The van der Waals surface area contributed by atoms with Crippen molar-refractivity contribution in [3.05, 3.63) is 0 Å². The minimum absolute atomic E-state index is 0.112. The fourth-order valence-electron chi connectivity index (χ4n) is 1.26. The van der Waals surface area contributed by atoms with Gasteiger partial charge in [0.25, 0.3) is 0 Å². The van der Waals surface area contributed by atoms with Gasteiger partial charge in [0.15, 0.2) is 0 Å². The van der Waals surface area contributed by atoms with Crippen LogP contribution in [0.2, 0.25) is 0 Å². The summed E-state index contributed by atoms with van der Waals surface area (Å²) in [6.45, 7) is 3.77. The highest BCUT2D eigenvalue weighted by molar-refractivity contribution is 5.82. The van der Waals surface area contributed by atoms with Crippen molar-refractivity contribution in [3.8, 4) is 6.07 Å². The van der Waals surface area contributed by atoms with Gasteiger partial charge in [0.1, 0.15) is 0 Å². The smallest absolute Gasteiger partial charge is 0.308 e. The van der Waals surface area contributed by atoms with E-state index in [4.69, 9.17) is 5.26 Å². The Bertz CT molecular complexity index is 296. The van der Waals surface area contributed by atoms with E-state index in [-0.39, 0.29) is 18.2 Å². The van der Waals surface area contributed by atoms with Gasteiger partial charge < -0.3 is 9.64 Å². The lowest BCUT2D eigenvalue weighted by Crippen LogP contribution is -2.33. The summed E-state index contributed by atoms with van der Waals surface area (Å²) in [5.41, 5.74) is 0. The normalized spacial score (nSPS) is 13.4. The Morgan fingerprint density at radius 3 is 2.44 bits per heavy atom. The molecule has 0 N–H and O–H groups in total. The summed E-state index contributed by atoms with van der Waals surface area (Å²) in [6, 6.07) is 2.05. The van der Waals surface area contributed by atoms with Crippen molar-refractivity contribution in [2.75, 3.05) is 20.7 Å². The number of hydrogen-bond acceptors (Lipinski definition) is 4. The van der Waals surface area contributed by atoms with Crippen LogP contribution in [0.4, 0.5) is 0 Å². The Labute approximate surface area is 96.0 Å². The zero-order valence-corrected chi connectivity index (χ0v) is 10.2. The standard InChI is InChI=1S/C11H18N2O3/c1-8(6-12)7-13(3)10(14)5-9(2)11(15)16-4/h8-9H,5,7H2,1-4H3/t8-,9+/m1/s1. The fourth-order valence-corrected chi connectivity index (χ4v) is 1.26. The average molecular weight is 226 g/mol. The topological polar surface area (TPSA) is 70.4 Å². The molecule has 0 aliphatic carbocycles. The van der Waals surface area contributed by atoms with Gasteiger partial charge in [-0.15, -0.1) is 0 Å². The first-order valence-corrected chi connectivity index (χ1v) is 5.13. The van der Waals surface area contributed by atoms with Crippen molar-refractivity contribution >= 4 is 11.9 Å². The van der Waals surface area contributed by atoms with E-state index >= 15 is 0 Å². The molecule has 5 nitrogen and oxygen atoms in total. The fraction of sp³-hybridized carbons (Fsp3) is 0.727. The number of rotatable bonds is 5. The van der Waals surface area contributed by atoms with Gasteiger partial charge in [0.05, 0.1) is 25.0 Å². The first-order chi connectivity index (χ1) is 7.42. The monoisotopic (exact) mass is 226 g/mol. The highest BCUT2D eigenvalue weighted by Gasteiger charge is 2.20. The molecule has 0 fully saturated rings. The van der Waals surface area contributed by atoms with Crippen LogP contribution in [-0.4, -0.2) is 37.5 Å². The number of nitrogens with zero attached hydrogens (tertiary/aromatic N) is 2. The van der Waals surface area contributed by atoms with Crippen molar-refractivity contribution < 1.29 is 14.3 Å². The number of nitriles is 1. The molecule has 5 heteroatoms. The maximum Gasteiger partial charge on any atom is 0.308 e. The summed E-state index contributed by atoms with van der Waals surface area (Å²) in [5, 5.41) is 8.61. The summed E-state index contributed by atoms with van der Waals surface area (Å²) < 4.78 is 4.53. The number of ether oxygens (including phenoxy) is 1. The van der Waals surface area contributed by atoms with Crippen molar-refractivity contribution in [3.63, 3.8) is 0 Å². The van der Waals surface area contributed by atoms with Crippen LogP contribution in [0.25, 0.3) is 0 Å². The number of amides is 1. The lowest BCUT2D eigenvalue weighted by Gasteiger charge is -2.19. The van der Waals surface area contributed by atoms with Crippen LogP contribution >= 0.6 is 0 Å². The molecular formula is C11H18N2O3. The SMILES string of the molecule is COC(=O)[C@@H](C)CC(=O)N(C)C[C@H](C)C#N. The number of methoxy groups -OCH3 is 1. The molecule has 0 heterocycles. The van der Waals surface area contributed by atoms with Crippen LogP contribution < -0.4 is 0 Å². The highest BCUT2D eigenvalue weighted by atomic mass is 16.5. The van der Waals surface area contributed by atoms with E-state index < -0.39 is 11.9 Å². The zero-order chi connectivity index (χ0) is 12.7. The van der Waals surface area contributed by atoms with Gasteiger partial charge in [-0.1, -0.05) is 6.92 Å². The molecule has 0 aliphatic rings. The molecule has 0 aromatic rings. The molecule has 0 saturated heterocycles. The van der Waals surface area contributed by atoms with Gasteiger partial charge in [0.2, 0.25) is 5.91 Å². The van der Waals surface area contributed by atoms with E-state index in [1.165, 1.54) is 12.0 Å². The predicted octanol–water partition coefficient (Wildman–Crippen LogP) is 0.804. The molecule has 2 atom stereocenters. The first kappa shape index (κ1) is 14.4. The van der Waals surface area contributed by atoms with Crippen molar-refractivity contribution in [2.45, 2.75) is 20.3 Å². The lowest BCUT2D eigenvalue weighted by molar-refractivity contribution is -0.148. The van der Waals surface area contributed by atoms with Gasteiger partial charge in [-0.05, 0) is 6.92 Å². The van der Waals surface area contributed by atoms with E-state index in [9.17, 15) is 9.59 Å². The van der Waals surface area contributed by atoms with Crippen LogP contribution in [0.1, 0.15) is 20.3 Å². The molecule has 0 rings (SSSR count). The third-order valence-electron chi connectivity index (χ3n) is 2.28. The largest absolute Gasteiger partial charge is 0.469 e. The average Bonchev–Trinajstić information content (AvgIpc) is 2.27. The summed E-state index contributed by atoms with van der Waals surface area (Å²) in [4.78, 5) is 24.2. The van der Waals surface area contributed by atoms with Crippen LogP contribution in [0.15, 0.2) is 0 Å². The van der Waals surface area contributed by atoms with Crippen molar-refractivity contribution in [2.24, 2.45) is 11.8 Å². The first-order valence-electron chi connectivity index (χ1n) is 5.13. The van der Waals surface area contributed by atoms with Gasteiger partial charge in [-0.25, -0.2) is 0 Å². The van der Waals surface area contributed by atoms with E-state index in [1.807, 2.05) is 0 Å². The number of carbonyl (C=O) groups excluding carboxylic acids is 2. The molecule has 0 radical (unpaired) electrons. The second-order valence-corrected chi connectivity index (χ2v) is 3.93. The number of hydrogen-bond donors (Lipinski definition) is 0. The lowest BCUT2D eigenvalue weighted by atomic mass is 10.1. The molecule has 0 aliphatic heterocycles. The van der Waals surface area contributed by atoms with Crippen LogP contribution in [-0.2, 0) is 14.3 Å². The summed E-state index contributed by atoms with van der Waals surface area (Å²) >= 11 is 0. The van der Waals surface area contributed by atoms with Gasteiger partial charge >= 0.3 is 5.97 Å². The summed E-state index contributed by atoms with van der Waals surface area (Å²) in [6.07, 6.45) is 0.112. The van der Waals surface area contributed by atoms with E-state index in [0.717, 1.165) is 0 Å². The molecule has 0 saturated carbocycles. The summed E-state index contributed by atoms with van der Waals surface area (Å²) in [5.74, 6) is -1.20. The Balaban J connectivity index is 4.16. The minimum atomic E-state index is -0.447. The molecule has 0 aromatic carbocycles. The zero-order valence-electron chi connectivity index (χ0n) is 10.2. The van der Waals surface area contributed by atoms with E-state index in [0.29, 0.717) is 6.54 Å². The number of carbonyl (C=O) groups is 2. The van der Waals surface area contributed by atoms with Crippen molar-refractivity contribution in [1.82, 2.24) is 4.90 Å².